The maximum atomic E-state index is 13.5. The Morgan fingerprint density at radius 3 is 2.31 bits per heavy atom. The number of anilines is 1. The number of carbonyl (C=O) groups excluding carboxylic acids is 1. The Kier molecular flexibility index (Phi) is 6.76. The van der Waals surface area contributed by atoms with E-state index in [1.54, 1.807) is 22.4 Å². The maximum Gasteiger partial charge on any atom is 0.348 e. The zero-order valence-corrected chi connectivity index (χ0v) is 20.2. The lowest BCUT2D eigenvalue weighted by atomic mass is 9.82. The van der Waals surface area contributed by atoms with Crippen molar-refractivity contribution in [2.24, 2.45) is 11.8 Å². The van der Waals surface area contributed by atoms with Crippen LogP contribution in [-0.2, 0) is 4.79 Å². The number of aromatic nitrogens is 1. The topological polar surface area (TPSA) is 70.5 Å². The van der Waals surface area contributed by atoms with Crippen molar-refractivity contribution in [1.82, 2.24) is 4.98 Å². The summed E-state index contributed by atoms with van der Waals surface area (Å²) in [6.07, 6.45) is 5.63. The normalized spacial score (nSPS) is 18.6. The van der Waals surface area contributed by atoms with Crippen LogP contribution in [0.4, 0.5) is 5.69 Å². The van der Waals surface area contributed by atoms with Crippen molar-refractivity contribution in [3.8, 4) is 21.0 Å². The van der Waals surface area contributed by atoms with E-state index in [1.807, 2.05) is 49.6 Å². The van der Waals surface area contributed by atoms with Crippen LogP contribution < -0.4 is 4.90 Å². The van der Waals surface area contributed by atoms with Gasteiger partial charge in [-0.2, -0.15) is 0 Å². The fraction of sp³-hybridized carbons (Fsp3) is 0.400. The van der Waals surface area contributed by atoms with Gasteiger partial charge in [0, 0.05) is 34.0 Å². The largest absolute Gasteiger partial charge is 0.477 e. The average Bonchev–Trinajstić information content (AvgIpc) is 3.45. The van der Waals surface area contributed by atoms with E-state index in [2.05, 4.69) is 11.9 Å². The monoisotopic (exact) mass is 468 g/mol. The third-order valence-electron chi connectivity index (χ3n) is 6.13. The maximum absolute atomic E-state index is 13.5. The van der Waals surface area contributed by atoms with E-state index in [0.717, 1.165) is 46.7 Å². The molecular formula is C25H28N2O3S2. The molecule has 3 aromatic rings. The van der Waals surface area contributed by atoms with Crippen molar-refractivity contribution in [3.05, 3.63) is 46.8 Å². The number of thiazole rings is 1. The number of carboxylic acid groups (broad SMARTS) is 1. The molecule has 32 heavy (non-hydrogen) atoms. The number of hydrogen-bond acceptors (Lipinski definition) is 5. The second kappa shape index (κ2) is 9.55. The third-order valence-corrected chi connectivity index (χ3v) is 8.12. The van der Waals surface area contributed by atoms with Crippen molar-refractivity contribution in [2.75, 3.05) is 4.90 Å². The molecule has 1 aromatic carbocycles. The molecule has 1 N–H and O–H groups in total. The van der Waals surface area contributed by atoms with Gasteiger partial charge in [-0.15, -0.1) is 22.7 Å². The minimum Gasteiger partial charge on any atom is -0.477 e. The summed E-state index contributed by atoms with van der Waals surface area (Å²) in [5.74, 6) is -0.318. The van der Waals surface area contributed by atoms with Crippen LogP contribution in [0.1, 0.15) is 56.1 Å². The number of rotatable bonds is 6. The van der Waals surface area contributed by atoms with Crippen molar-refractivity contribution >= 4 is 40.2 Å². The Morgan fingerprint density at radius 1 is 1.09 bits per heavy atom. The number of thiophene rings is 1. The lowest BCUT2D eigenvalue weighted by Gasteiger charge is -2.33. The van der Waals surface area contributed by atoms with Crippen molar-refractivity contribution in [1.29, 1.82) is 0 Å². The number of nitrogens with zero attached hydrogens (tertiary/aromatic N) is 2. The molecular weight excluding hydrogens is 440 g/mol. The number of carbonyl (C=O) groups is 2. The molecule has 1 aliphatic rings. The van der Waals surface area contributed by atoms with Crippen LogP contribution >= 0.6 is 22.7 Å². The average molecular weight is 469 g/mol. The molecule has 1 fully saturated rings. The predicted molar refractivity (Wildman–Crippen MR) is 132 cm³/mol. The minimum atomic E-state index is -0.994. The third kappa shape index (κ3) is 4.64. The van der Waals surface area contributed by atoms with Crippen molar-refractivity contribution in [2.45, 2.75) is 52.5 Å². The summed E-state index contributed by atoms with van der Waals surface area (Å²) in [6, 6.07) is 9.74. The molecule has 0 bridgehead atoms. The Morgan fingerprint density at radius 2 is 1.75 bits per heavy atom. The molecule has 0 radical (unpaired) electrons. The van der Waals surface area contributed by atoms with Crippen LogP contribution in [0.25, 0.3) is 21.0 Å². The van der Waals surface area contributed by atoms with Gasteiger partial charge < -0.3 is 10.0 Å². The highest BCUT2D eigenvalue weighted by atomic mass is 32.1. The second-order valence-corrected chi connectivity index (χ2v) is 10.8. The highest BCUT2D eigenvalue weighted by molar-refractivity contribution is 7.18. The van der Waals surface area contributed by atoms with Gasteiger partial charge in [-0.3, -0.25) is 4.79 Å². The summed E-state index contributed by atoms with van der Waals surface area (Å²) in [5.41, 5.74) is 2.48. The first-order valence-corrected chi connectivity index (χ1v) is 12.7. The molecule has 2 aromatic heterocycles. The first kappa shape index (κ1) is 22.7. The first-order valence-electron chi connectivity index (χ1n) is 11.1. The van der Waals surface area contributed by atoms with Gasteiger partial charge in [0.2, 0.25) is 5.91 Å². The van der Waals surface area contributed by atoms with Gasteiger partial charge in [0.05, 0.1) is 5.69 Å². The van der Waals surface area contributed by atoms with E-state index >= 15 is 0 Å². The number of amides is 1. The zero-order valence-electron chi connectivity index (χ0n) is 18.6. The molecule has 4 rings (SSSR count). The zero-order chi connectivity index (χ0) is 22.8. The molecule has 2 heterocycles. The van der Waals surface area contributed by atoms with Crippen LogP contribution in [0, 0.1) is 11.8 Å². The Bertz CT molecular complexity index is 1080. The minimum absolute atomic E-state index is 0.0313. The van der Waals surface area contributed by atoms with Crippen LogP contribution in [0.15, 0.2) is 41.9 Å². The lowest BCUT2D eigenvalue weighted by molar-refractivity contribution is -0.123. The van der Waals surface area contributed by atoms with E-state index in [9.17, 15) is 14.7 Å². The number of benzene rings is 1. The van der Waals surface area contributed by atoms with Gasteiger partial charge in [-0.05, 0) is 57.1 Å². The molecule has 168 valence electrons. The fourth-order valence-electron chi connectivity index (χ4n) is 4.35. The molecule has 0 unspecified atom stereocenters. The summed E-state index contributed by atoms with van der Waals surface area (Å²) < 4.78 is 0. The number of aromatic carboxylic acids is 1. The SMILES string of the molecule is CC1CCC(C(=O)N(c2cc(-c3ccc(-c4nccs4)cc3)sc2C(=O)O)C(C)C)CC1. The Labute approximate surface area is 196 Å². The van der Waals surface area contributed by atoms with Crippen LogP contribution in [0.5, 0.6) is 0 Å². The van der Waals surface area contributed by atoms with E-state index < -0.39 is 5.97 Å². The summed E-state index contributed by atoms with van der Waals surface area (Å²) in [4.78, 5) is 32.7. The van der Waals surface area contributed by atoms with Gasteiger partial charge >= 0.3 is 5.97 Å². The van der Waals surface area contributed by atoms with Gasteiger partial charge in [0.25, 0.3) is 0 Å². The molecule has 1 amide bonds. The molecule has 1 saturated carbocycles. The van der Waals surface area contributed by atoms with Crippen molar-refractivity contribution < 1.29 is 14.7 Å². The van der Waals surface area contributed by atoms with Gasteiger partial charge in [0.15, 0.2) is 0 Å². The van der Waals surface area contributed by atoms with Crippen LogP contribution in [0.3, 0.4) is 0 Å². The Balaban J connectivity index is 1.67. The molecule has 1 aliphatic carbocycles. The molecule has 5 nitrogen and oxygen atoms in total. The smallest absolute Gasteiger partial charge is 0.348 e. The summed E-state index contributed by atoms with van der Waals surface area (Å²) >= 11 is 2.81. The predicted octanol–water partition coefficient (Wildman–Crippen LogP) is 6.80. The van der Waals surface area contributed by atoms with Gasteiger partial charge in [-0.25, -0.2) is 9.78 Å². The van der Waals surface area contributed by atoms with E-state index in [0.29, 0.717) is 11.6 Å². The quantitative estimate of drug-likeness (QED) is 0.432. The summed E-state index contributed by atoms with van der Waals surface area (Å²) in [5, 5.41) is 12.8. The standard InChI is InChI=1S/C25H28N2O3S2/c1-15(2)27(24(28)19-6-4-16(3)5-7-19)20-14-21(32-22(20)25(29)30)17-8-10-18(11-9-17)23-26-12-13-31-23/h8-16,19H,4-7H2,1-3H3,(H,29,30). The summed E-state index contributed by atoms with van der Waals surface area (Å²) in [7, 11) is 0. The highest BCUT2D eigenvalue weighted by Gasteiger charge is 2.33. The molecule has 0 spiro atoms. The van der Waals surface area contributed by atoms with Gasteiger partial charge in [-0.1, -0.05) is 31.2 Å². The molecule has 7 heteroatoms. The van der Waals surface area contributed by atoms with Gasteiger partial charge in [0.1, 0.15) is 9.88 Å². The highest BCUT2D eigenvalue weighted by Crippen LogP contribution is 2.40. The molecule has 0 atom stereocenters. The number of carboxylic acids is 1. The van der Waals surface area contributed by atoms with Crippen LogP contribution in [-0.4, -0.2) is 28.0 Å². The molecule has 0 saturated heterocycles. The second-order valence-electron chi connectivity index (χ2n) is 8.80. The van der Waals surface area contributed by atoms with E-state index in [4.69, 9.17) is 0 Å². The lowest BCUT2D eigenvalue weighted by Crippen LogP contribution is -2.42. The summed E-state index contributed by atoms with van der Waals surface area (Å²) in [6.45, 7) is 6.14. The first-order chi connectivity index (χ1) is 15.3. The van der Waals surface area contributed by atoms with E-state index in [-0.39, 0.29) is 22.7 Å². The van der Waals surface area contributed by atoms with Crippen LogP contribution in [0.2, 0.25) is 0 Å². The fourth-order valence-corrected chi connectivity index (χ4v) is 5.99. The Hall–Kier alpha value is -2.51. The van der Waals surface area contributed by atoms with E-state index in [1.165, 1.54) is 11.3 Å². The molecule has 0 aliphatic heterocycles. The van der Waals surface area contributed by atoms with Crippen molar-refractivity contribution in [3.63, 3.8) is 0 Å². The number of hydrogen-bond donors (Lipinski definition) is 1.